The number of benzene rings is 1. The Morgan fingerprint density at radius 2 is 1.78 bits per heavy atom. The van der Waals surface area contributed by atoms with Crippen LogP contribution >= 0.6 is 0 Å². The van der Waals surface area contributed by atoms with Crippen molar-refractivity contribution < 1.29 is 13.5 Å². The SMILES string of the molecule is CC(O)CCCc1ccc(S(=O)(=O)N(C)C)cc1. The molecule has 1 aromatic rings. The lowest BCUT2D eigenvalue weighted by molar-refractivity contribution is 0.182. The predicted octanol–water partition coefficient (Wildman–Crippen LogP) is 1.64. The first kappa shape index (κ1) is 15.1. The molecule has 0 fully saturated rings. The normalized spacial score (nSPS) is 13.8. The number of aryl methyl sites for hydroxylation is 1. The largest absolute Gasteiger partial charge is 0.393 e. The highest BCUT2D eigenvalue weighted by Crippen LogP contribution is 2.15. The number of sulfonamides is 1. The van der Waals surface area contributed by atoms with Gasteiger partial charge in [0, 0.05) is 14.1 Å². The van der Waals surface area contributed by atoms with Gasteiger partial charge in [0.2, 0.25) is 10.0 Å². The van der Waals surface area contributed by atoms with Gasteiger partial charge in [-0.3, -0.25) is 0 Å². The third-order valence-electron chi connectivity index (χ3n) is 2.79. The summed E-state index contributed by atoms with van der Waals surface area (Å²) in [7, 11) is -0.295. The smallest absolute Gasteiger partial charge is 0.242 e. The zero-order valence-electron chi connectivity index (χ0n) is 11.1. The van der Waals surface area contributed by atoms with Crippen molar-refractivity contribution in [2.45, 2.75) is 37.2 Å². The molecule has 5 heteroatoms. The molecule has 0 spiro atoms. The standard InChI is InChI=1S/C13H21NO3S/c1-11(15)5-4-6-12-7-9-13(10-8-12)18(16,17)14(2)3/h7-11,15H,4-6H2,1-3H3. The average molecular weight is 271 g/mol. The van der Waals surface area contributed by atoms with E-state index in [0.717, 1.165) is 24.8 Å². The Morgan fingerprint density at radius 1 is 1.22 bits per heavy atom. The van der Waals surface area contributed by atoms with E-state index in [1.165, 1.54) is 18.4 Å². The van der Waals surface area contributed by atoms with Gasteiger partial charge in [-0.15, -0.1) is 0 Å². The highest BCUT2D eigenvalue weighted by Gasteiger charge is 2.16. The maximum atomic E-state index is 11.8. The maximum Gasteiger partial charge on any atom is 0.242 e. The van der Waals surface area contributed by atoms with Gasteiger partial charge >= 0.3 is 0 Å². The quantitative estimate of drug-likeness (QED) is 0.855. The average Bonchev–Trinajstić information content (AvgIpc) is 2.29. The van der Waals surface area contributed by atoms with Crippen LogP contribution in [0.1, 0.15) is 25.3 Å². The van der Waals surface area contributed by atoms with Crippen LogP contribution in [0.5, 0.6) is 0 Å². The fourth-order valence-corrected chi connectivity index (χ4v) is 2.54. The molecular formula is C13H21NO3S. The van der Waals surface area contributed by atoms with Crippen LogP contribution in [0.15, 0.2) is 29.2 Å². The molecule has 1 N–H and O–H groups in total. The number of aliphatic hydroxyl groups is 1. The van der Waals surface area contributed by atoms with E-state index < -0.39 is 10.0 Å². The van der Waals surface area contributed by atoms with E-state index in [9.17, 15) is 8.42 Å². The van der Waals surface area contributed by atoms with Crippen molar-refractivity contribution in [3.05, 3.63) is 29.8 Å². The molecular weight excluding hydrogens is 250 g/mol. The summed E-state index contributed by atoms with van der Waals surface area (Å²) in [5.74, 6) is 0. The maximum absolute atomic E-state index is 11.8. The van der Waals surface area contributed by atoms with Crippen LogP contribution < -0.4 is 0 Å². The fraction of sp³-hybridized carbons (Fsp3) is 0.538. The minimum Gasteiger partial charge on any atom is -0.393 e. The summed E-state index contributed by atoms with van der Waals surface area (Å²) in [4.78, 5) is 0.312. The molecule has 0 aliphatic rings. The van der Waals surface area contributed by atoms with Crippen LogP contribution in [0.25, 0.3) is 0 Å². The minimum absolute atomic E-state index is 0.279. The van der Waals surface area contributed by atoms with Gasteiger partial charge in [-0.25, -0.2) is 12.7 Å². The summed E-state index contributed by atoms with van der Waals surface area (Å²) in [5.41, 5.74) is 1.09. The number of nitrogens with zero attached hydrogens (tertiary/aromatic N) is 1. The first-order valence-electron chi connectivity index (χ1n) is 6.03. The van der Waals surface area contributed by atoms with Crippen molar-refractivity contribution in [3.63, 3.8) is 0 Å². The van der Waals surface area contributed by atoms with Crippen LogP contribution in [-0.4, -0.2) is 38.0 Å². The van der Waals surface area contributed by atoms with Crippen LogP contribution in [0, 0.1) is 0 Å². The van der Waals surface area contributed by atoms with Gasteiger partial charge in [0.1, 0.15) is 0 Å². The Hall–Kier alpha value is -0.910. The molecule has 1 rings (SSSR count). The summed E-state index contributed by atoms with van der Waals surface area (Å²) >= 11 is 0. The second-order valence-electron chi connectivity index (χ2n) is 4.67. The molecule has 1 aromatic carbocycles. The van der Waals surface area contributed by atoms with E-state index in [-0.39, 0.29) is 6.10 Å². The van der Waals surface area contributed by atoms with Crippen molar-refractivity contribution in [2.24, 2.45) is 0 Å². The zero-order valence-corrected chi connectivity index (χ0v) is 11.9. The van der Waals surface area contributed by atoms with Gasteiger partial charge in [-0.2, -0.15) is 0 Å². The van der Waals surface area contributed by atoms with Crippen molar-refractivity contribution in [1.82, 2.24) is 4.31 Å². The lowest BCUT2D eigenvalue weighted by Crippen LogP contribution is -2.22. The molecule has 18 heavy (non-hydrogen) atoms. The number of rotatable bonds is 6. The zero-order chi connectivity index (χ0) is 13.8. The van der Waals surface area contributed by atoms with Gasteiger partial charge in [0.15, 0.2) is 0 Å². The van der Waals surface area contributed by atoms with Crippen molar-refractivity contribution in [2.75, 3.05) is 14.1 Å². The molecule has 0 aromatic heterocycles. The molecule has 0 bridgehead atoms. The Bertz CT molecular complexity index is 464. The number of hydrogen-bond acceptors (Lipinski definition) is 3. The lowest BCUT2D eigenvalue weighted by Gasteiger charge is -2.11. The summed E-state index contributed by atoms with van der Waals surface area (Å²) in [6, 6.07) is 6.93. The van der Waals surface area contributed by atoms with Gasteiger partial charge in [-0.05, 0) is 43.9 Å². The summed E-state index contributed by atoms with van der Waals surface area (Å²) < 4.78 is 24.9. The van der Waals surface area contributed by atoms with Crippen molar-refractivity contribution >= 4 is 10.0 Å². The van der Waals surface area contributed by atoms with Crippen molar-refractivity contribution in [1.29, 1.82) is 0 Å². The first-order chi connectivity index (χ1) is 8.34. The van der Waals surface area contributed by atoms with E-state index in [4.69, 9.17) is 5.11 Å². The Labute approximate surface area is 109 Å². The van der Waals surface area contributed by atoms with Crippen LogP contribution in [0.3, 0.4) is 0 Å². The van der Waals surface area contributed by atoms with Gasteiger partial charge < -0.3 is 5.11 Å². The third-order valence-corrected chi connectivity index (χ3v) is 4.62. The second-order valence-corrected chi connectivity index (χ2v) is 6.82. The highest BCUT2D eigenvalue weighted by molar-refractivity contribution is 7.89. The third kappa shape index (κ3) is 4.08. The number of aliphatic hydroxyl groups excluding tert-OH is 1. The molecule has 1 unspecified atom stereocenters. The molecule has 0 radical (unpaired) electrons. The molecule has 0 heterocycles. The molecule has 0 amide bonds. The summed E-state index contributed by atoms with van der Waals surface area (Å²) in [6.45, 7) is 1.77. The Morgan fingerprint density at radius 3 is 2.22 bits per heavy atom. The molecule has 0 aliphatic carbocycles. The van der Waals surface area contributed by atoms with Crippen LogP contribution in [0.2, 0.25) is 0 Å². The van der Waals surface area contributed by atoms with E-state index in [0.29, 0.717) is 4.90 Å². The molecule has 0 saturated carbocycles. The molecule has 1 atom stereocenters. The van der Waals surface area contributed by atoms with Crippen molar-refractivity contribution in [3.8, 4) is 0 Å². The molecule has 4 nitrogen and oxygen atoms in total. The van der Waals surface area contributed by atoms with Crippen LogP contribution in [-0.2, 0) is 16.4 Å². The van der Waals surface area contributed by atoms with E-state index in [2.05, 4.69) is 0 Å². The first-order valence-corrected chi connectivity index (χ1v) is 7.47. The highest BCUT2D eigenvalue weighted by atomic mass is 32.2. The Kier molecular flexibility index (Phi) is 5.31. The lowest BCUT2D eigenvalue weighted by atomic mass is 10.1. The second kappa shape index (κ2) is 6.31. The van der Waals surface area contributed by atoms with E-state index in [1.54, 1.807) is 19.1 Å². The van der Waals surface area contributed by atoms with E-state index in [1.807, 2.05) is 12.1 Å². The topological polar surface area (TPSA) is 57.6 Å². The Balaban J connectivity index is 2.69. The van der Waals surface area contributed by atoms with E-state index >= 15 is 0 Å². The number of hydrogen-bond donors (Lipinski definition) is 1. The molecule has 0 aliphatic heterocycles. The molecule has 0 saturated heterocycles. The van der Waals surface area contributed by atoms with Gasteiger partial charge in [-0.1, -0.05) is 12.1 Å². The van der Waals surface area contributed by atoms with Crippen LogP contribution in [0.4, 0.5) is 0 Å². The monoisotopic (exact) mass is 271 g/mol. The van der Waals surface area contributed by atoms with Gasteiger partial charge in [0.25, 0.3) is 0 Å². The summed E-state index contributed by atoms with van der Waals surface area (Å²) in [6.07, 6.45) is 2.24. The summed E-state index contributed by atoms with van der Waals surface area (Å²) in [5, 5.41) is 9.16. The minimum atomic E-state index is -3.33. The van der Waals surface area contributed by atoms with Gasteiger partial charge in [0.05, 0.1) is 11.0 Å². The fourth-order valence-electron chi connectivity index (χ4n) is 1.64. The predicted molar refractivity (Wildman–Crippen MR) is 71.9 cm³/mol. The molecule has 102 valence electrons.